The van der Waals surface area contributed by atoms with Crippen LogP contribution in [0.2, 0.25) is 5.15 Å². The fourth-order valence-electron chi connectivity index (χ4n) is 1.82. The van der Waals surface area contributed by atoms with E-state index >= 15 is 0 Å². The molecule has 1 aliphatic rings. The van der Waals surface area contributed by atoms with Crippen molar-refractivity contribution in [2.75, 3.05) is 25.1 Å². The van der Waals surface area contributed by atoms with Crippen LogP contribution in [0.15, 0.2) is 6.07 Å². The maximum atomic E-state index is 5.86. The molecule has 0 aliphatic carbocycles. The van der Waals surface area contributed by atoms with Gasteiger partial charge in [0.15, 0.2) is 0 Å². The van der Waals surface area contributed by atoms with E-state index in [1.165, 1.54) is 0 Å². The quantitative estimate of drug-likeness (QED) is 0.825. The Bertz CT molecular complexity index is 333. The Labute approximate surface area is 100 Å². The molecule has 16 heavy (non-hydrogen) atoms. The van der Waals surface area contributed by atoms with Gasteiger partial charge in [-0.15, -0.1) is 0 Å². The predicted octanol–water partition coefficient (Wildman–Crippen LogP) is 2.28. The first-order chi connectivity index (χ1) is 7.74. The molecule has 5 heteroatoms. The number of aromatic nitrogens is 2. The fourth-order valence-corrected chi connectivity index (χ4v) is 2.05. The minimum atomic E-state index is 0.488. The van der Waals surface area contributed by atoms with E-state index in [0.717, 1.165) is 38.4 Å². The Balaban J connectivity index is 1.88. The van der Waals surface area contributed by atoms with Gasteiger partial charge in [0.05, 0.1) is 0 Å². The number of aryl methyl sites for hydroxylation is 1. The summed E-state index contributed by atoms with van der Waals surface area (Å²) in [6.45, 7) is 4.51. The number of ether oxygens (including phenoxy) is 1. The molecule has 2 heterocycles. The van der Waals surface area contributed by atoms with Crippen LogP contribution in [-0.4, -0.2) is 29.7 Å². The first-order valence-electron chi connectivity index (χ1n) is 5.57. The third kappa shape index (κ3) is 3.32. The highest BCUT2D eigenvalue weighted by atomic mass is 35.5. The van der Waals surface area contributed by atoms with Crippen molar-refractivity contribution in [2.24, 2.45) is 5.92 Å². The van der Waals surface area contributed by atoms with Gasteiger partial charge in [-0.25, -0.2) is 9.97 Å². The molecule has 0 spiro atoms. The molecule has 0 saturated carbocycles. The minimum absolute atomic E-state index is 0.488. The molecule has 1 saturated heterocycles. The Kier molecular flexibility index (Phi) is 3.96. The highest BCUT2D eigenvalue weighted by molar-refractivity contribution is 6.29. The SMILES string of the molecule is Cc1nc(Cl)cc(NCC2CCOCC2)n1. The first kappa shape index (κ1) is 11.6. The third-order valence-electron chi connectivity index (χ3n) is 2.72. The number of anilines is 1. The lowest BCUT2D eigenvalue weighted by Gasteiger charge is -2.22. The molecule has 0 unspecified atom stereocenters. The largest absolute Gasteiger partial charge is 0.381 e. The van der Waals surface area contributed by atoms with Gasteiger partial charge in [-0.1, -0.05) is 11.6 Å². The molecule has 1 aromatic heterocycles. The number of rotatable bonds is 3. The molecule has 0 radical (unpaired) electrons. The Morgan fingerprint density at radius 1 is 1.44 bits per heavy atom. The van der Waals surface area contributed by atoms with Crippen molar-refractivity contribution in [3.05, 3.63) is 17.0 Å². The maximum Gasteiger partial charge on any atom is 0.134 e. The second-order valence-electron chi connectivity index (χ2n) is 4.06. The lowest BCUT2D eigenvalue weighted by Crippen LogP contribution is -2.23. The summed E-state index contributed by atoms with van der Waals surface area (Å²) in [5.41, 5.74) is 0. The number of nitrogens with zero attached hydrogens (tertiary/aromatic N) is 2. The van der Waals surface area contributed by atoms with E-state index < -0.39 is 0 Å². The van der Waals surface area contributed by atoms with Crippen molar-refractivity contribution in [2.45, 2.75) is 19.8 Å². The topological polar surface area (TPSA) is 47.0 Å². The summed E-state index contributed by atoms with van der Waals surface area (Å²) < 4.78 is 5.32. The molecular formula is C11H16ClN3O. The van der Waals surface area contributed by atoms with Gasteiger partial charge in [0.2, 0.25) is 0 Å². The van der Waals surface area contributed by atoms with Crippen molar-refractivity contribution in [3.63, 3.8) is 0 Å². The van der Waals surface area contributed by atoms with Crippen LogP contribution in [0.5, 0.6) is 0 Å². The fraction of sp³-hybridized carbons (Fsp3) is 0.636. The molecule has 4 nitrogen and oxygen atoms in total. The maximum absolute atomic E-state index is 5.86. The van der Waals surface area contributed by atoms with Gasteiger partial charge in [-0.05, 0) is 25.7 Å². The molecule has 2 rings (SSSR count). The van der Waals surface area contributed by atoms with E-state index in [0.29, 0.717) is 16.9 Å². The molecule has 0 atom stereocenters. The van der Waals surface area contributed by atoms with Crippen LogP contribution in [0.1, 0.15) is 18.7 Å². The molecule has 1 N–H and O–H groups in total. The van der Waals surface area contributed by atoms with Gasteiger partial charge >= 0.3 is 0 Å². The molecule has 1 aromatic rings. The van der Waals surface area contributed by atoms with Gasteiger partial charge in [0, 0.05) is 25.8 Å². The summed E-state index contributed by atoms with van der Waals surface area (Å²) in [6, 6.07) is 1.76. The number of nitrogens with one attached hydrogen (secondary N) is 1. The van der Waals surface area contributed by atoms with E-state index in [9.17, 15) is 0 Å². The summed E-state index contributed by atoms with van der Waals surface area (Å²) in [7, 11) is 0. The van der Waals surface area contributed by atoms with Crippen LogP contribution in [0.4, 0.5) is 5.82 Å². The molecule has 0 aromatic carbocycles. The Hall–Kier alpha value is -0.870. The van der Waals surface area contributed by atoms with Crippen LogP contribution in [0.3, 0.4) is 0 Å². The predicted molar refractivity (Wildman–Crippen MR) is 63.8 cm³/mol. The van der Waals surface area contributed by atoms with Crippen LogP contribution >= 0.6 is 11.6 Å². The number of hydrogen-bond acceptors (Lipinski definition) is 4. The molecule has 0 bridgehead atoms. The van der Waals surface area contributed by atoms with Crippen LogP contribution in [0, 0.1) is 12.8 Å². The van der Waals surface area contributed by atoms with Crippen LogP contribution in [0.25, 0.3) is 0 Å². The van der Waals surface area contributed by atoms with Gasteiger partial charge in [-0.2, -0.15) is 0 Å². The van der Waals surface area contributed by atoms with Crippen molar-refractivity contribution >= 4 is 17.4 Å². The Morgan fingerprint density at radius 2 is 2.19 bits per heavy atom. The van der Waals surface area contributed by atoms with Gasteiger partial charge in [-0.3, -0.25) is 0 Å². The van der Waals surface area contributed by atoms with E-state index in [4.69, 9.17) is 16.3 Å². The lowest BCUT2D eigenvalue weighted by molar-refractivity contribution is 0.0699. The zero-order valence-electron chi connectivity index (χ0n) is 9.37. The average molecular weight is 242 g/mol. The summed E-state index contributed by atoms with van der Waals surface area (Å²) in [6.07, 6.45) is 2.23. The van der Waals surface area contributed by atoms with Crippen molar-refractivity contribution in [3.8, 4) is 0 Å². The highest BCUT2D eigenvalue weighted by Crippen LogP contribution is 2.16. The zero-order chi connectivity index (χ0) is 11.4. The van der Waals surface area contributed by atoms with Crippen LogP contribution < -0.4 is 5.32 Å². The van der Waals surface area contributed by atoms with Gasteiger partial charge in [0.25, 0.3) is 0 Å². The Morgan fingerprint density at radius 3 is 2.88 bits per heavy atom. The third-order valence-corrected chi connectivity index (χ3v) is 2.91. The van der Waals surface area contributed by atoms with Gasteiger partial charge < -0.3 is 10.1 Å². The van der Waals surface area contributed by atoms with E-state index in [1.807, 2.05) is 6.92 Å². The normalized spacial score (nSPS) is 17.4. The van der Waals surface area contributed by atoms with Crippen molar-refractivity contribution in [1.82, 2.24) is 9.97 Å². The second kappa shape index (κ2) is 5.46. The number of hydrogen-bond donors (Lipinski definition) is 1. The summed E-state index contributed by atoms with van der Waals surface area (Å²) in [5, 5.41) is 3.79. The van der Waals surface area contributed by atoms with Gasteiger partial charge in [0.1, 0.15) is 16.8 Å². The first-order valence-corrected chi connectivity index (χ1v) is 5.94. The molecule has 0 amide bonds. The van der Waals surface area contributed by atoms with E-state index in [1.54, 1.807) is 6.07 Å². The number of halogens is 1. The van der Waals surface area contributed by atoms with E-state index in [-0.39, 0.29) is 0 Å². The zero-order valence-corrected chi connectivity index (χ0v) is 10.1. The molecular weight excluding hydrogens is 226 g/mol. The smallest absolute Gasteiger partial charge is 0.134 e. The monoisotopic (exact) mass is 241 g/mol. The molecule has 88 valence electrons. The average Bonchev–Trinajstić information content (AvgIpc) is 2.27. The van der Waals surface area contributed by atoms with Crippen molar-refractivity contribution in [1.29, 1.82) is 0 Å². The van der Waals surface area contributed by atoms with E-state index in [2.05, 4.69) is 15.3 Å². The summed E-state index contributed by atoms with van der Waals surface area (Å²) in [5.74, 6) is 2.17. The van der Waals surface area contributed by atoms with Crippen LogP contribution in [-0.2, 0) is 4.74 Å². The molecule has 1 fully saturated rings. The second-order valence-corrected chi connectivity index (χ2v) is 4.45. The highest BCUT2D eigenvalue weighted by Gasteiger charge is 2.13. The summed E-state index contributed by atoms with van der Waals surface area (Å²) >= 11 is 5.86. The minimum Gasteiger partial charge on any atom is -0.381 e. The summed E-state index contributed by atoms with van der Waals surface area (Å²) in [4.78, 5) is 8.30. The lowest BCUT2D eigenvalue weighted by atomic mass is 10.0. The molecule has 1 aliphatic heterocycles. The standard InChI is InChI=1S/C11H16ClN3O/c1-8-14-10(12)6-11(15-8)13-7-9-2-4-16-5-3-9/h6,9H,2-5,7H2,1H3,(H,13,14,15). The van der Waals surface area contributed by atoms with Crippen molar-refractivity contribution < 1.29 is 4.74 Å².